The fourth-order valence-corrected chi connectivity index (χ4v) is 1.90. The number of nitrogens with one attached hydrogen (secondary N) is 1. The molecule has 1 aliphatic heterocycles. The van der Waals surface area contributed by atoms with Crippen molar-refractivity contribution in [3.63, 3.8) is 0 Å². The molecule has 0 bridgehead atoms. The maximum atomic E-state index is 4.30. The van der Waals surface area contributed by atoms with Crippen LogP contribution in [0.5, 0.6) is 0 Å². The highest BCUT2D eigenvalue weighted by Crippen LogP contribution is 2.16. The molecule has 2 atom stereocenters. The lowest BCUT2D eigenvalue weighted by Crippen LogP contribution is -2.34. The average Bonchev–Trinajstić information content (AvgIpc) is 2.13. The van der Waals surface area contributed by atoms with Crippen LogP contribution in [0.2, 0.25) is 0 Å². The molecule has 0 aromatic heterocycles. The first-order valence-electron chi connectivity index (χ1n) is 3.91. The minimum atomic E-state index is 0.655. The Kier molecular flexibility index (Phi) is 3.01. The van der Waals surface area contributed by atoms with Gasteiger partial charge in [0.2, 0.25) is 0 Å². The van der Waals surface area contributed by atoms with E-state index in [-0.39, 0.29) is 0 Å². The summed E-state index contributed by atoms with van der Waals surface area (Å²) in [5.74, 6) is 0.748. The SMILES string of the molecule is CCN[C@@H]1CN(S)C[C@H]1C. The Labute approximate surface area is 68.5 Å². The molecule has 0 aromatic rings. The summed E-state index contributed by atoms with van der Waals surface area (Å²) in [5.41, 5.74) is 0. The van der Waals surface area contributed by atoms with Gasteiger partial charge in [0, 0.05) is 19.1 Å². The molecule has 1 rings (SSSR count). The molecule has 1 aliphatic rings. The second kappa shape index (κ2) is 3.60. The van der Waals surface area contributed by atoms with E-state index < -0.39 is 0 Å². The molecule has 10 heavy (non-hydrogen) atoms. The minimum Gasteiger partial charge on any atom is -0.313 e. The fourth-order valence-electron chi connectivity index (χ4n) is 1.47. The van der Waals surface area contributed by atoms with Crippen molar-refractivity contribution in [2.45, 2.75) is 19.9 Å². The van der Waals surface area contributed by atoms with E-state index in [9.17, 15) is 0 Å². The number of thiol groups is 1. The molecule has 2 nitrogen and oxygen atoms in total. The lowest BCUT2D eigenvalue weighted by Gasteiger charge is -2.13. The van der Waals surface area contributed by atoms with Crippen molar-refractivity contribution >= 4 is 12.8 Å². The van der Waals surface area contributed by atoms with E-state index in [1.54, 1.807) is 0 Å². The maximum absolute atomic E-state index is 4.30. The molecular weight excluding hydrogens is 144 g/mol. The molecule has 0 saturated carbocycles. The summed E-state index contributed by atoms with van der Waals surface area (Å²) in [6.45, 7) is 7.67. The van der Waals surface area contributed by atoms with Crippen LogP contribution in [-0.2, 0) is 0 Å². The molecule has 0 aliphatic carbocycles. The number of hydrogen-bond acceptors (Lipinski definition) is 3. The number of likely N-dealkylation sites (N-methyl/N-ethyl adjacent to an activating group) is 1. The van der Waals surface area contributed by atoms with E-state index in [1.165, 1.54) is 0 Å². The lowest BCUT2D eigenvalue weighted by molar-refractivity contribution is 0.465. The van der Waals surface area contributed by atoms with Crippen LogP contribution in [0.15, 0.2) is 0 Å². The minimum absolute atomic E-state index is 0.655. The van der Waals surface area contributed by atoms with Crippen molar-refractivity contribution in [1.82, 2.24) is 9.62 Å². The van der Waals surface area contributed by atoms with Crippen molar-refractivity contribution in [2.75, 3.05) is 19.6 Å². The molecule has 1 saturated heterocycles. The number of hydrogen-bond donors (Lipinski definition) is 2. The zero-order valence-corrected chi connectivity index (χ0v) is 7.56. The molecule has 0 unspecified atom stereocenters. The van der Waals surface area contributed by atoms with Gasteiger partial charge < -0.3 is 5.32 Å². The van der Waals surface area contributed by atoms with Crippen LogP contribution in [0.4, 0.5) is 0 Å². The first kappa shape index (κ1) is 8.37. The van der Waals surface area contributed by atoms with Gasteiger partial charge in [-0.1, -0.05) is 26.7 Å². The van der Waals surface area contributed by atoms with Gasteiger partial charge in [-0.25, -0.2) is 0 Å². The van der Waals surface area contributed by atoms with Gasteiger partial charge in [-0.05, 0) is 12.5 Å². The normalized spacial score (nSPS) is 35.1. The summed E-state index contributed by atoms with van der Waals surface area (Å²) < 4.78 is 2.08. The van der Waals surface area contributed by atoms with E-state index in [0.29, 0.717) is 6.04 Å². The topological polar surface area (TPSA) is 15.3 Å². The summed E-state index contributed by atoms with van der Waals surface area (Å²) >= 11 is 4.30. The summed E-state index contributed by atoms with van der Waals surface area (Å²) in [6.07, 6.45) is 0. The fraction of sp³-hybridized carbons (Fsp3) is 1.00. The van der Waals surface area contributed by atoms with Crippen LogP contribution >= 0.6 is 12.8 Å². The summed E-state index contributed by atoms with van der Waals surface area (Å²) in [7, 11) is 0. The van der Waals surface area contributed by atoms with Crippen molar-refractivity contribution < 1.29 is 0 Å². The zero-order valence-electron chi connectivity index (χ0n) is 6.67. The largest absolute Gasteiger partial charge is 0.313 e. The Morgan fingerprint density at radius 2 is 2.30 bits per heavy atom. The number of rotatable bonds is 2. The van der Waals surface area contributed by atoms with Crippen LogP contribution in [-0.4, -0.2) is 30.0 Å². The van der Waals surface area contributed by atoms with E-state index in [0.717, 1.165) is 25.6 Å². The van der Waals surface area contributed by atoms with Gasteiger partial charge in [-0.2, -0.15) is 0 Å². The van der Waals surface area contributed by atoms with Gasteiger partial charge in [0.05, 0.1) is 0 Å². The summed E-state index contributed by atoms with van der Waals surface area (Å²) in [4.78, 5) is 0. The zero-order chi connectivity index (χ0) is 7.56. The summed E-state index contributed by atoms with van der Waals surface area (Å²) in [5, 5.41) is 3.43. The molecule has 1 fully saturated rings. The Hall–Kier alpha value is 0.270. The number of nitrogens with zero attached hydrogens (tertiary/aromatic N) is 1. The molecule has 0 spiro atoms. The quantitative estimate of drug-likeness (QED) is 0.580. The maximum Gasteiger partial charge on any atom is 0.0244 e. The van der Waals surface area contributed by atoms with Crippen molar-refractivity contribution in [3.8, 4) is 0 Å². The van der Waals surface area contributed by atoms with Crippen LogP contribution < -0.4 is 5.32 Å². The average molecular weight is 160 g/mol. The van der Waals surface area contributed by atoms with E-state index in [1.807, 2.05) is 0 Å². The standard InChI is InChI=1S/C7H16N2S/c1-3-8-7-5-9(10)4-6(7)2/h6-8,10H,3-5H2,1-2H3/t6-,7-/m1/s1. The highest BCUT2D eigenvalue weighted by atomic mass is 32.1. The smallest absolute Gasteiger partial charge is 0.0244 e. The molecular formula is C7H16N2S. The Morgan fingerprint density at radius 3 is 2.70 bits per heavy atom. The van der Waals surface area contributed by atoms with Crippen molar-refractivity contribution in [2.24, 2.45) is 5.92 Å². The third kappa shape index (κ3) is 1.87. The van der Waals surface area contributed by atoms with Gasteiger partial charge in [-0.15, -0.1) is 0 Å². The van der Waals surface area contributed by atoms with Crippen molar-refractivity contribution in [1.29, 1.82) is 0 Å². The first-order valence-corrected chi connectivity index (χ1v) is 4.31. The molecule has 0 amide bonds. The predicted molar refractivity (Wildman–Crippen MR) is 47.2 cm³/mol. The molecule has 0 radical (unpaired) electrons. The molecule has 3 heteroatoms. The van der Waals surface area contributed by atoms with Crippen molar-refractivity contribution in [3.05, 3.63) is 0 Å². The Balaban J connectivity index is 2.31. The van der Waals surface area contributed by atoms with Gasteiger partial charge in [0.15, 0.2) is 0 Å². The Bertz CT molecular complexity index is 108. The second-order valence-corrected chi connectivity index (χ2v) is 3.58. The van der Waals surface area contributed by atoms with Crippen LogP contribution in [0.25, 0.3) is 0 Å². The van der Waals surface area contributed by atoms with E-state index >= 15 is 0 Å². The van der Waals surface area contributed by atoms with Crippen LogP contribution in [0, 0.1) is 5.92 Å². The van der Waals surface area contributed by atoms with E-state index in [4.69, 9.17) is 0 Å². The van der Waals surface area contributed by atoms with Gasteiger partial charge in [0.25, 0.3) is 0 Å². The lowest BCUT2D eigenvalue weighted by atomic mass is 10.1. The van der Waals surface area contributed by atoms with Gasteiger partial charge in [0.1, 0.15) is 0 Å². The molecule has 1 heterocycles. The predicted octanol–water partition coefficient (Wildman–Crippen LogP) is 0.761. The molecule has 0 aromatic carbocycles. The highest BCUT2D eigenvalue weighted by molar-refractivity contribution is 7.77. The monoisotopic (exact) mass is 160 g/mol. The Morgan fingerprint density at radius 1 is 1.60 bits per heavy atom. The summed E-state index contributed by atoms with van der Waals surface area (Å²) in [6, 6.07) is 0.655. The van der Waals surface area contributed by atoms with Crippen LogP contribution in [0.3, 0.4) is 0 Å². The third-order valence-corrected chi connectivity index (χ3v) is 2.39. The highest BCUT2D eigenvalue weighted by Gasteiger charge is 2.26. The second-order valence-electron chi connectivity index (χ2n) is 3.01. The molecule has 1 N–H and O–H groups in total. The van der Waals surface area contributed by atoms with Gasteiger partial charge >= 0.3 is 0 Å². The van der Waals surface area contributed by atoms with Crippen LogP contribution in [0.1, 0.15) is 13.8 Å². The van der Waals surface area contributed by atoms with E-state index in [2.05, 4.69) is 36.3 Å². The first-order chi connectivity index (χ1) is 4.74. The molecule has 60 valence electrons. The third-order valence-electron chi connectivity index (χ3n) is 2.06. The van der Waals surface area contributed by atoms with Gasteiger partial charge in [-0.3, -0.25) is 4.31 Å².